The summed E-state index contributed by atoms with van der Waals surface area (Å²) in [7, 11) is 0. The molecule has 2 aliphatic rings. The van der Waals surface area contributed by atoms with Crippen LogP contribution in [0.25, 0.3) is 0 Å². The van der Waals surface area contributed by atoms with E-state index in [4.69, 9.17) is 11.6 Å². The van der Waals surface area contributed by atoms with E-state index in [1.807, 2.05) is 4.90 Å². The Morgan fingerprint density at radius 2 is 2.00 bits per heavy atom. The average molecular weight is 293 g/mol. The molecule has 1 spiro atoms. The molecule has 4 nitrogen and oxygen atoms in total. The van der Waals surface area contributed by atoms with Crippen molar-refractivity contribution < 1.29 is 9.59 Å². The monoisotopic (exact) mass is 292 g/mol. The van der Waals surface area contributed by atoms with Gasteiger partial charge in [0.2, 0.25) is 5.91 Å². The number of amides is 2. The number of rotatable bonds is 1. The molecule has 3 rings (SSSR count). The maximum absolute atomic E-state index is 12.4. The molecule has 2 heterocycles. The van der Waals surface area contributed by atoms with Crippen LogP contribution >= 0.6 is 11.6 Å². The van der Waals surface area contributed by atoms with Crippen molar-refractivity contribution in [1.82, 2.24) is 10.2 Å². The Labute approximate surface area is 123 Å². The van der Waals surface area contributed by atoms with Crippen LogP contribution in [0.4, 0.5) is 0 Å². The van der Waals surface area contributed by atoms with E-state index in [1.54, 1.807) is 24.3 Å². The molecule has 0 unspecified atom stereocenters. The first-order chi connectivity index (χ1) is 9.61. The third-order valence-corrected chi connectivity index (χ3v) is 4.69. The summed E-state index contributed by atoms with van der Waals surface area (Å²) in [5.41, 5.74) is 0.384. The van der Waals surface area contributed by atoms with E-state index in [-0.39, 0.29) is 17.2 Å². The maximum atomic E-state index is 12.4. The van der Waals surface area contributed by atoms with Gasteiger partial charge in [0.25, 0.3) is 5.91 Å². The number of halogens is 1. The van der Waals surface area contributed by atoms with Crippen LogP contribution in [0.5, 0.6) is 0 Å². The standard InChI is InChI=1S/C15H17ClN2O2/c16-12-3-1-2-11(10-12)13(19)18-8-5-15(6-9-18)4-7-17-14(15)20/h1-3,10H,4-9H2,(H,17,20). The zero-order chi connectivity index (χ0) is 14.2. The van der Waals surface area contributed by atoms with Crippen LogP contribution in [0.1, 0.15) is 29.6 Å². The minimum Gasteiger partial charge on any atom is -0.356 e. The van der Waals surface area contributed by atoms with Crippen molar-refractivity contribution in [2.45, 2.75) is 19.3 Å². The van der Waals surface area contributed by atoms with Crippen LogP contribution in [0.15, 0.2) is 24.3 Å². The quantitative estimate of drug-likeness (QED) is 0.861. The number of hydrogen-bond acceptors (Lipinski definition) is 2. The van der Waals surface area contributed by atoms with E-state index < -0.39 is 0 Å². The summed E-state index contributed by atoms with van der Waals surface area (Å²) < 4.78 is 0. The Balaban J connectivity index is 1.69. The lowest BCUT2D eigenvalue weighted by Crippen LogP contribution is -2.46. The van der Waals surface area contributed by atoms with Gasteiger partial charge in [-0.1, -0.05) is 17.7 Å². The van der Waals surface area contributed by atoms with Crippen LogP contribution in [-0.2, 0) is 4.79 Å². The van der Waals surface area contributed by atoms with Gasteiger partial charge >= 0.3 is 0 Å². The summed E-state index contributed by atoms with van der Waals surface area (Å²) in [4.78, 5) is 26.1. The van der Waals surface area contributed by atoms with Crippen LogP contribution in [0, 0.1) is 5.41 Å². The fourth-order valence-corrected chi connectivity index (χ4v) is 3.33. The highest BCUT2D eigenvalue weighted by Crippen LogP contribution is 2.38. The molecule has 106 valence electrons. The first kappa shape index (κ1) is 13.4. The maximum Gasteiger partial charge on any atom is 0.253 e. The second-order valence-corrected chi connectivity index (χ2v) is 6.03. The normalized spacial score (nSPS) is 21.1. The molecule has 20 heavy (non-hydrogen) atoms. The van der Waals surface area contributed by atoms with Gasteiger partial charge in [-0.3, -0.25) is 9.59 Å². The summed E-state index contributed by atoms with van der Waals surface area (Å²) in [6.45, 7) is 2.04. The van der Waals surface area contributed by atoms with Gasteiger partial charge in [-0.15, -0.1) is 0 Å². The summed E-state index contributed by atoms with van der Waals surface area (Å²) in [5, 5.41) is 3.47. The lowest BCUT2D eigenvalue weighted by atomic mass is 9.77. The highest BCUT2D eigenvalue weighted by atomic mass is 35.5. The number of piperidine rings is 1. The molecule has 1 aromatic rings. The van der Waals surface area contributed by atoms with Crippen LogP contribution < -0.4 is 5.32 Å². The fraction of sp³-hybridized carbons (Fsp3) is 0.467. The average Bonchev–Trinajstić information content (AvgIpc) is 2.80. The Hall–Kier alpha value is -1.55. The number of nitrogens with zero attached hydrogens (tertiary/aromatic N) is 1. The number of likely N-dealkylation sites (tertiary alicyclic amines) is 1. The van der Waals surface area contributed by atoms with Crippen LogP contribution in [0.3, 0.4) is 0 Å². The lowest BCUT2D eigenvalue weighted by molar-refractivity contribution is -0.129. The van der Waals surface area contributed by atoms with E-state index in [9.17, 15) is 9.59 Å². The Kier molecular flexibility index (Phi) is 3.42. The van der Waals surface area contributed by atoms with Gasteiger partial charge in [0.05, 0.1) is 5.41 Å². The highest BCUT2D eigenvalue weighted by molar-refractivity contribution is 6.30. The molecule has 0 aromatic heterocycles. The highest BCUT2D eigenvalue weighted by Gasteiger charge is 2.44. The number of hydrogen-bond donors (Lipinski definition) is 1. The van der Waals surface area contributed by atoms with Gasteiger partial charge in [-0.25, -0.2) is 0 Å². The molecule has 2 amide bonds. The molecule has 1 aromatic carbocycles. The third kappa shape index (κ3) is 2.29. The van der Waals surface area contributed by atoms with Crippen LogP contribution in [0.2, 0.25) is 5.02 Å². The van der Waals surface area contributed by atoms with E-state index in [0.29, 0.717) is 23.7 Å². The molecular formula is C15H17ClN2O2. The van der Waals surface area contributed by atoms with E-state index >= 15 is 0 Å². The molecule has 2 aliphatic heterocycles. The second kappa shape index (κ2) is 5.09. The molecule has 1 N–H and O–H groups in total. The van der Waals surface area contributed by atoms with Gasteiger partial charge in [0, 0.05) is 30.2 Å². The third-order valence-electron chi connectivity index (χ3n) is 4.45. The van der Waals surface area contributed by atoms with Crippen molar-refractivity contribution in [3.8, 4) is 0 Å². The predicted molar refractivity (Wildman–Crippen MR) is 76.6 cm³/mol. The number of benzene rings is 1. The Morgan fingerprint density at radius 1 is 1.25 bits per heavy atom. The predicted octanol–water partition coefficient (Wildman–Crippen LogP) is 2.08. The van der Waals surface area contributed by atoms with Crippen molar-refractivity contribution in [3.63, 3.8) is 0 Å². The molecule has 0 radical (unpaired) electrons. The molecule has 2 fully saturated rings. The smallest absolute Gasteiger partial charge is 0.253 e. The van der Waals surface area contributed by atoms with Crippen molar-refractivity contribution >= 4 is 23.4 Å². The SMILES string of the molecule is O=C(c1cccc(Cl)c1)N1CCC2(CCNC2=O)CC1. The molecule has 0 bridgehead atoms. The van der Waals surface area contributed by atoms with Gasteiger partial charge in [0.1, 0.15) is 0 Å². The molecule has 0 saturated carbocycles. The minimum absolute atomic E-state index is 0.000699. The van der Waals surface area contributed by atoms with Crippen molar-refractivity contribution in [1.29, 1.82) is 0 Å². The molecule has 0 atom stereocenters. The van der Waals surface area contributed by atoms with Crippen molar-refractivity contribution in [3.05, 3.63) is 34.9 Å². The lowest BCUT2D eigenvalue weighted by Gasteiger charge is -2.37. The topological polar surface area (TPSA) is 49.4 Å². The van der Waals surface area contributed by atoms with Gasteiger partial charge in [0.15, 0.2) is 0 Å². The van der Waals surface area contributed by atoms with E-state index in [1.165, 1.54) is 0 Å². The summed E-state index contributed by atoms with van der Waals surface area (Å²) in [6.07, 6.45) is 2.40. The zero-order valence-corrected chi connectivity index (χ0v) is 11.9. The van der Waals surface area contributed by atoms with Crippen LogP contribution in [-0.4, -0.2) is 36.3 Å². The number of nitrogens with one attached hydrogen (secondary N) is 1. The van der Waals surface area contributed by atoms with Gasteiger partial charge in [-0.2, -0.15) is 0 Å². The first-order valence-corrected chi connectivity index (χ1v) is 7.32. The first-order valence-electron chi connectivity index (χ1n) is 6.94. The minimum atomic E-state index is -0.231. The Morgan fingerprint density at radius 3 is 2.60 bits per heavy atom. The number of carbonyl (C=O) groups excluding carboxylic acids is 2. The molecule has 0 aliphatic carbocycles. The summed E-state index contributed by atoms with van der Waals surface area (Å²) in [6, 6.07) is 7.01. The molecule has 2 saturated heterocycles. The number of carbonyl (C=O) groups is 2. The second-order valence-electron chi connectivity index (χ2n) is 5.59. The zero-order valence-electron chi connectivity index (χ0n) is 11.2. The van der Waals surface area contributed by atoms with E-state index in [0.717, 1.165) is 25.8 Å². The molecule has 5 heteroatoms. The summed E-state index contributed by atoms with van der Waals surface area (Å²) >= 11 is 5.92. The summed E-state index contributed by atoms with van der Waals surface area (Å²) in [5.74, 6) is 0.160. The van der Waals surface area contributed by atoms with Crippen molar-refractivity contribution in [2.75, 3.05) is 19.6 Å². The Bertz CT molecular complexity index is 551. The van der Waals surface area contributed by atoms with Gasteiger partial charge < -0.3 is 10.2 Å². The van der Waals surface area contributed by atoms with Crippen molar-refractivity contribution in [2.24, 2.45) is 5.41 Å². The largest absolute Gasteiger partial charge is 0.356 e. The van der Waals surface area contributed by atoms with E-state index in [2.05, 4.69) is 5.32 Å². The molecular weight excluding hydrogens is 276 g/mol. The fourth-order valence-electron chi connectivity index (χ4n) is 3.14. The van der Waals surface area contributed by atoms with Gasteiger partial charge in [-0.05, 0) is 37.5 Å².